The summed E-state index contributed by atoms with van der Waals surface area (Å²) in [5.74, 6) is 0.380. The predicted molar refractivity (Wildman–Crippen MR) is 205 cm³/mol. The van der Waals surface area contributed by atoms with E-state index in [0.717, 1.165) is 61.1 Å². The topological polar surface area (TPSA) is 173 Å². The molecule has 284 valence electrons. The Morgan fingerprint density at radius 1 is 0.566 bits per heavy atom. The first-order chi connectivity index (χ1) is 24.8. The summed E-state index contributed by atoms with van der Waals surface area (Å²) < 4.78 is 76.2. The number of rotatable bonds is 20. The molecule has 0 radical (unpaired) electrons. The van der Waals surface area contributed by atoms with E-state index < -0.39 is 35.8 Å². The number of unbranched alkanes of at least 4 members (excludes halogenated alkanes) is 10. The van der Waals surface area contributed by atoms with Crippen molar-refractivity contribution in [2.75, 3.05) is 0 Å². The molecule has 0 atom stereocenters. The molecule has 0 heterocycles. The van der Waals surface area contributed by atoms with Crippen LogP contribution in [0, 0.1) is 0 Å². The van der Waals surface area contributed by atoms with Gasteiger partial charge in [0.05, 0.1) is 4.90 Å². The van der Waals surface area contributed by atoms with Crippen LogP contribution >= 0.6 is 0 Å². The van der Waals surface area contributed by atoms with E-state index in [0.29, 0.717) is 11.5 Å². The maximum Gasteiger partial charge on any atom is 2.00 e. The number of hydrogen-bond acceptors (Lipinski definition) is 9. The first-order valence-electron chi connectivity index (χ1n) is 17.9. The molecule has 0 saturated heterocycles. The van der Waals surface area contributed by atoms with Crippen LogP contribution in [0.2, 0.25) is 0 Å². The van der Waals surface area contributed by atoms with Gasteiger partial charge in [0.2, 0.25) is 0 Å². The Balaban J connectivity index is 0.000000360. The van der Waals surface area contributed by atoms with Gasteiger partial charge in [-0.15, -0.1) is 5.75 Å². The zero-order chi connectivity index (χ0) is 38.0. The molecule has 0 aliphatic rings. The summed E-state index contributed by atoms with van der Waals surface area (Å²) in [5, 5.41) is 21.2. The molecule has 4 aromatic rings. The Morgan fingerprint density at radius 3 is 1.49 bits per heavy atom. The second-order valence-electron chi connectivity index (χ2n) is 12.8. The molecule has 0 saturated carbocycles. The van der Waals surface area contributed by atoms with Crippen molar-refractivity contribution in [2.24, 2.45) is 0 Å². The molecule has 13 heteroatoms. The van der Waals surface area contributed by atoms with Crippen LogP contribution in [0.3, 0.4) is 0 Å². The summed E-state index contributed by atoms with van der Waals surface area (Å²) in [7, 11) is -9.11. The average Bonchev–Trinajstić information content (AvgIpc) is 3.07. The zero-order valence-electron chi connectivity index (χ0n) is 30.7. The van der Waals surface area contributed by atoms with Crippen LogP contribution in [0.15, 0.2) is 94.7 Å². The van der Waals surface area contributed by atoms with Crippen LogP contribution in [0.1, 0.15) is 102 Å². The third-order valence-electron chi connectivity index (χ3n) is 8.21. The Hall–Kier alpha value is -2.84. The summed E-state index contributed by atoms with van der Waals surface area (Å²) in [6.07, 6.45) is 16.6. The van der Waals surface area contributed by atoms with E-state index in [1.807, 2.05) is 36.4 Å². The Kier molecular flexibility index (Phi) is 20.8. The minimum atomic E-state index is -4.70. The number of phenols is 1. The van der Waals surface area contributed by atoms with Gasteiger partial charge in [0.1, 0.15) is 43.8 Å². The Labute approximate surface area is 345 Å². The molecule has 2 N–H and O–H groups in total. The van der Waals surface area contributed by atoms with Gasteiger partial charge >= 0.3 is 37.7 Å². The van der Waals surface area contributed by atoms with Gasteiger partial charge in [-0.1, -0.05) is 108 Å². The van der Waals surface area contributed by atoms with E-state index in [2.05, 4.69) is 13.8 Å². The standard InChI is InChI=1S/2C20H26O5S.Ca/c2*1-2-3-4-5-6-7-9-16-10-8-11-18(12-16)25-19-13-17(21)14-20(15-19)26(22,23)24;/h2*8,10-15,21H,2-7,9H2,1H3,(H,22,23,24);/q;;+2/p-2. The smallest absolute Gasteiger partial charge is 0.872 e. The Bertz CT molecular complexity index is 1780. The maximum absolute atomic E-state index is 11.6. The fraction of sp³-hybridized carbons (Fsp3) is 0.400. The van der Waals surface area contributed by atoms with E-state index in [-0.39, 0.29) is 55.0 Å². The largest absolute Gasteiger partial charge is 2.00 e. The fourth-order valence-corrected chi connectivity index (χ4v) is 6.59. The molecule has 4 aromatic carbocycles. The SMILES string of the molecule is CCCCCCCCc1cccc(Oc2cc(O)cc(S(=O)(=O)O)c2)c1.CCCCCCCCc1cccc(Oc2cc([O-])cc(S(=O)(=O)[O-])c2)c1.[Ca+2]. The monoisotopic (exact) mass is 794 g/mol. The predicted octanol–water partition coefficient (Wildman–Crippen LogP) is 9.31. The van der Waals surface area contributed by atoms with Crippen molar-refractivity contribution in [1.82, 2.24) is 0 Å². The molecule has 4 rings (SSSR count). The van der Waals surface area contributed by atoms with Gasteiger partial charge in [-0.3, -0.25) is 4.55 Å². The molecular weight excluding hydrogens is 745 g/mol. The van der Waals surface area contributed by atoms with Crippen LogP contribution in [0.5, 0.6) is 34.5 Å². The van der Waals surface area contributed by atoms with Crippen molar-refractivity contribution in [3.05, 3.63) is 96.1 Å². The average molecular weight is 795 g/mol. The van der Waals surface area contributed by atoms with Crippen molar-refractivity contribution in [1.29, 1.82) is 0 Å². The summed E-state index contributed by atoms with van der Waals surface area (Å²) in [6, 6.07) is 21.5. The molecule has 0 spiro atoms. The molecule has 53 heavy (non-hydrogen) atoms. The second kappa shape index (κ2) is 23.8. The number of ether oxygens (including phenoxy) is 2. The van der Waals surface area contributed by atoms with Crippen molar-refractivity contribution in [3.8, 4) is 34.5 Å². The van der Waals surface area contributed by atoms with Crippen LogP contribution < -0.4 is 14.6 Å². The normalized spacial score (nSPS) is 11.2. The van der Waals surface area contributed by atoms with E-state index in [1.165, 1.54) is 76.3 Å². The summed E-state index contributed by atoms with van der Waals surface area (Å²) in [5.41, 5.74) is 2.26. The van der Waals surface area contributed by atoms with Crippen molar-refractivity contribution < 1.29 is 45.6 Å². The van der Waals surface area contributed by atoms with Crippen LogP contribution in [-0.2, 0) is 33.1 Å². The van der Waals surface area contributed by atoms with E-state index >= 15 is 0 Å². The van der Waals surface area contributed by atoms with Gasteiger partial charge in [-0.2, -0.15) is 8.42 Å². The third-order valence-corrected chi connectivity index (χ3v) is 9.86. The number of aromatic hydroxyl groups is 1. The van der Waals surface area contributed by atoms with Gasteiger partial charge in [-0.05, 0) is 73.2 Å². The van der Waals surface area contributed by atoms with Gasteiger partial charge in [0.25, 0.3) is 10.1 Å². The Morgan fingerprint density at radius 2 is 1.02 bits per heavy atom. The van der Waals surface area contributed by atoms with E-state index in [1.54, 1.807) is 12.1 Å². The first-order valence-corrected chi connectivity index (χ1v) is 20.7. The van der Waals surface area contributed by atoms with Gasteiger partial charge in [0.15, 0.2) is 0 Å². The fourth-order valence-electron chi connectivity index (χ4n) is 5.53. The van der Waals surface area contributed by atoms with Crippen molar-refractivity contribution >= 4 is 58.0 Å². The van der Waals surface area contributed by atoms with Crippen LogP contribution in [0.25, 0.3) is 0 Å². The molecular formula is C40H50CaO10S2. The molecule has 0 amide bonds. The molecule has 0 fully saturated rings. The third kappa shape index (κ3) is 18.4. The second-order valence-corrected chi connectivity index (χ2v) is 15.6. The van der Waals surface area contributed by atoms with Gasteiger partial charge in [-0.25, -0.2) is 8.42 Å². The van der Waals surface area contributed by atoms with Crippen molar-refractivity contribution in [3.63, 3.8) is 0 Å². The molecule has 0 aliphatic heterocycles. The summed E-state index contributed by atoms with van der Waals surface area (Å²) >= 11 is 0. The molecule has 0 aromatic heterocycles. The zero-order valence-corrected chi connectivity index (χ0v) is 34.5. The molecule has 10 nitrogen and oxygen atoms in total. The molecule has 0 unspecified atom stereocenters. The number of hydrogen-bond donors (Lipinski definition) is 2. The van der Waals surface area contributed by atoms with Gasteiger partial charge in [0, 0.05) is 18.2 Å². The first kappa shape index (κ1) is 46.3. The van der Waals surface area contributed by atoms with Gasteiger partial charge < -0.3 is 24.2 Å². The van der Waals surface area contributed by atoms with E-state index in [4.69, 9.17) is 14.0 Å². The summed E-state index contributed by atoms with van der Waals surface area (Å²) in [6.45, 7) is 4.40. The summed E-state index contributed by atoms with van der Waals surface area (Å²) in [4.78, 5) is -0.987. The van der Waals surface area contributed by atoms with Crippen LogP contribution in [-0.4, -0.2) is 68.8 Å². The molecule has 0 aliphatic carbocycles. The maximum atomic E-state index is 11.6. The molecule has 0 bridgehead atoms. The number of benzene rings is 4. The number of aryl methyl sites for hydroxylation is 2. The quantitative estimate of drug-likeness (QED) is 0.0499. The minimum Gasteiger partial charge on any atom is -0.872 e. The van der Waals surface area contributed by atoms with E-state index in [9.17, 15) is 31.6 Å². The number of phenolic OH excluding ortho intramolecular Hbond substituents is 1. The van der Waals surface area contributed by atoms with Crippen LogP contribution in [0.4, 0.5) is 0 Å². The van der Waals surface area contributed by atoms with Crippen molar-refractivity contribution in [2.45, 2.75) is 114 Å². The minimum absolute atomic E-state index is 0.